The highest BCUT2D eigenvalue weighted by molar-refractivity contribution is 5.78. The summed E-state index contributed by atoms with van der Waals surface area (Å²) in [4.78, 5) is 28.6. The Kier molecular flexibility index (Phi) is 9.54. The van der Waals surface area contributed by atoms with Crippen molar-refractivity contribution in [2.45, 2.75) is 64.5 Å². The molecule has 0 atom stereocenters. The number of aliphatic carboxylic acids is 1. The maximum Gasteiger partial charge on any atom is 0.303 e. The second kappa shape index (κ2) is 13.2. The van der Waals surface area contributed by atoms with Crippen molar-refractivity contribution in [1.29, 1.82) is 0 Å². The lowest BCUT2D eigenvalue weighted by Gasteiger charge is -2.26. The number of aromatic nitrogens is 1. The molecule has 1 aromatic heterocycles. The molecule has 0 spiro atoms. The number of carboxylic acids is 1. The number of hydrogen-bond donors (Lipinski definition) is 2. The molecule has 1 aliphatic rings. The van der Waals surface area contributed by atoms with Gasteiger partial charge in [0.2, 0.25) is 11.8 Å². The van der Waals surface area contributed by atoms with E-state index >= 15 is 0 Å². The van der Waals surface area contributed by atoms with Gasteiger partial charge in [-0.2, -0.15) is 0 Å². The molecule has 0 unspecified atom stereocenters. The molecular formula is C30H36N2O6. The van der Waals surface area contributed by atoms with Crippen LogP contribution in [-0.2, 0) is 33.7 Å². The maximum absolute atomic E-state index is 12.8. The fourth-order valence-corrected chi connectivity index (χ4v) is 4.86. The normalized spacial score (nSPS) is 17.2. The number of hydrogen-bond acceptors (Lipinski definition) is 6. The zero-order chi connectivity index (χ0) is 26.9. The Morgan fingerprint density at radius 2 is 1.82 bits per heavy atom. The Balaban J connectivity index is 1.37. The van der Waals surface area contributed by atoms with Gasteiger partial charge in [-0.25, -0.2) is 4.98 Å². The smallest absolute Gasteiger partial charge is 0.303 e. The first-order valence-electron chi connectivity index (χ1n) is 13.2. The van der Waals surface area contributed by atoms with Gasteiger partial charge in [-0.1, -0.05) is 24.3 Å². The molecule has 0 aliphatic heterocycles. The summed E-state index contributed by atoms with van der Waals surface area (Å²) in [7, 11) is 1.72. The van der Waals surface area contributed by atoms with Gasteiger partial charge in [0.25, 0.3) is 0 Å². The van der Waals surface area contributed by atoms with E-state index in [0.29, 0.717) is 37.6 Å². The number of benzene rings is 2. The lowest BCUT2D eigenvalue weighted by Crippen LogP contribution is -2.34. The number of ether oxygens (including phenoxy) is 2. The molecule has 202 valence electrons. The largest absolute Gasteiger partial charge is 0.493 e. The van der Waals surface area contributed by atoms with Gasteiger partial charge in [0.1, 0.15) is 11.5 Å². The molecule has 1 heterocycles. The van der Waals surface area contributed by atoms with E-state index in [9.17, 15) is 9.59 Å². The van der Waals surface area contributed by atoms with Crippen LogP contribution in [0.1, 0.15) is 54.7 Å². The molecule has 1 amide bonds. The van der Waals surface area contributed by atoms with Gasteiger partial charge in [-0.15, -0.1) is 0 Å². The molecule has 4 rings (SSSR count). The molecule has 0 bridgehead atoms. The topological polar surface area (TPSA) is 111 Å². The number of aryl methyl sites for hydroxylation is 2. The Morgan fingerprint density at radius 3 is 2.53 bits per heavy atom. The zero-order valence-corrected chi connectivity index (χ0v) is 22.1. The minimum atomic E-state index is -0.854. The Bertz CT molecular complexity index is 1210. The molecule has 2 N–H and O–H groups in total. The number of carbonyl (C=O) groups excluding carboxylic acids is 1. The lowest BCUT2D eigenvalue weighted by molar-refractivity contribution is -0.137. The Hall–Kier alpha value is -3.65. The van der Waals surface area contributed by atoms with Crippen LogP contribution in [0.5, 0.6) is 5.75 Å². The second-order valence-electron chi connectivity index (χ2n) is 9.74. The first-order chi connectivity index (χ1) is 18.4. The first kappa shape index (κ1) is 27.4. The molecular weight excluding hydrogens is 484 g/mol. The fourth-order valence-electron chi connectivity index (χ4n) is 4.86. The third kappa shape index (κ3) is 7.44. The molecule has 0 saturated heterocycles. The first-order valence-corrected chi connectivity index (χ1v) is 13.2. The summed E-state index contributed by atoms with van der Waals surface area (Å²) in [6.45, 7) is 2.64. The quantitative estimate of drug-likeness (QED) is 0.341. The van der Waals surface area contributed by atoms with Gasteiger partial charge >= 0.3 is 5.97 Å². The van der Waals surface area contributed by atoms with Gasteiger partial charge < -0.3 is 24.3 Å². The van der Waals surface area contributed by atoms with Crippen molar-refractivity contribution < 1.29 is 28.6 Å². The van der Waals surface area contributed by atoms with Gasteiger partial charge in [-0.3, -0.25) is 9.59 Å². The number of amides is 1. The predicted molar refractivity (Wildman–Crippen MR) is 143 cm³/mol. The van der Waals surface area contributed by atoms with Crippen LogP contribution in [0.2, 0.25) is 0 Å². The number of methoxy groups -OCH3 is 1. The fraction of sp³-hybridized carbons (Fsp3) is 0.433. The zero-order valence-electron chi connectivity index (χ0n) is 22.1. The third-order valence-electron chi connectivity index (χ3n) is 7.14. The molecule has 38 heavy (non-hydrogen) atoms. The average Bonchev–Trinajstić information content (AvgIpc) is 3.31. The highest BCUT2D eigenvalue weighted by atomic mass is 16.5. The molecule has 3 aromatic rings. The molecule has 1 fully saturated rings. The van der Waals surface area contributed by atoms with Crippen molar-refractivity contribution in [2.24, 2.45) is 5.92 Å². The molecule has 0 radical (unpaired) electrons. The van der Waals surface area contributed by atoms with Crippen molar-refractivity contribution in [3.05, 3.63) is 71.1 Å². The van der Waals surface area contributed by atoms with E-state index in [2.05, 4.69) is 10.3 Å². The van der Waals surface area contributed by atoms with Crippen LogP contribution in [-0.4, -0.2) is 41.8 Å². The molecule has 2 aromatic carbocycles. The number of carboxylic acid groups (broad SMARTS) is 1. The summed E-state index contributed by atoms with van der Waals surface area (Å²) >= 11 is 0. The van der Waals surface area contributed by atoms with Crippen LogP contribution in [0.3, 0.4) is 0 Å². The number of nitrogens with zero attached hydrogens (tertiary/aromatic N) is 1. The predicted octanol–water partition coefficient (Wildman–Crippen LogP) is 5.11. The van der Waals surface area contributed by atoms with E-state index in [-0.39, 0.29) is 24.3 Å². The number of rotatable bonds is 12. The number of oxazole rings is 1. The highest BCUT2D eigenvalue weighted by Crippen LogP contribution is 2.27. The highest BCUT2D eigenvalue weighted by Gasteiger charge is 2.26. The van der Waals surface area contributed by atoms with E-state index in [1.54, 1.807) is 7.11 Å². The molecule has 8 heteroatoms. The van der Waals surface area contributed by atoms with E-state index in [4.69, 9.17) is 19.0 Å². The summed E-state index contributed by atoms with van der Waals surface area (Å²) in [5, 5.41) is 12.2. The minimum absolute atomic E-state index is 0.0187. The SMILES string of the molecule is COC1CCC(C(=O)NCc2cc(OCCc3nc(-c4ccccc4)oc3C)ccc2CCC(=O)O)CC1. The van der Waals surface area contributed by atoms with Crippen molar-refractivity contribution in [1.82, 2.24) is 10.3 Å². The van der Waals surface area contributed by atoms with Gasteiger partial charge in [0.15, 0.2) is 0 Å². The maximum atomic E-state index is 12.8. The summed E-state index contributed by atoms with van der Waals surface area (Å²) in [6.07, 6.45) is 4.64. The average molecular weight is 521 g/mol. The van der Waals surface area contributed by atoms with E-state index in [1.807, 2.05) is 55.5 Å². The summed E-state index contributed by atoms with van der Waals surface area (Å²) in [5.74, 6) is 1.18. The van der Waals surface area contributed by atoms with Gasteiger partial charge in [0.05, 0.1) is 18.4 Å². The standard InChI is InChI=1S/C30H36N2O6/c1-20-27(32-30(38-20)23-6-4-3-5-7-23)16-17-37-26-14-8-21(11-15-28(33)34)24(18-26)19-31-29(35)22-9-12-25(36-2)13-10-22/h3-8,14,18,22,25H,9-13,15-17,19H2,1-2H3,(H,31,35)(H,33,34). The van der Waals surface area contributed by atoms with Crippen molar-refractivity contribution in [2.75, 3.05) is 13.7 Å². The third-order valence-corrected chi connectivity index (χ3v) is 7.14. The van der Waals surface area contributed by atoms with Crippen LogP contribution in [0.25, 0.3) is 11.5 Å². The summed E-state index contributed by atoms with van der Waals surface area (Å²) in [6, 6.07) is 15.4. The number of nitrogens with one attached hydrogen (secondary N) is 1. The van der Waals surface area contributed by atoms with Crippen LogP contribution in [0, 0.1) is 12.8 Å². The monoisotopic (exact) mass is 520 g/mol. The summed E-state index contributed by atoms with van der Waals surface area (Å²) < 4.78 is 17.3. The lowest BCUT2D eigenvalue weighted by atomic mass is 9.86. The van der Waals surface area contributed by atoms with Crippen LogP contribution in [0.15, 0.2) is 52.9 Å². The Labute approximate surface area is 223 Å². The van der Waals surface area contributed by atoms with E-state index < -0.39 is 5.97 Å². The van der Waals surface area contributed by atoms with Crippen molar-refractivity contribution in [3.63, 3.8) is 0 Å². The molecule has 8 nitrogen and oxygen atoms in total. The van der Waals surface area contributed by atoms with Gasteiger partial charge in [0, 0.05) is 38.0 Å². The second-order valence-corrected chi connectivity index (χ2v) is 9.74. The van der Waals surface area contributed by atoms with Crippen molar-refractivity contribution >= 4 is 11.9 Å². The Morgan fingerprint density at radius 1 is 1.05 bits per heavy atom. The van der Waals surface area contributed by atoms with Crippen LogP contribution < -0.4 is 10.1 Å². The van der Waals surface area contributed by atoms with E-state index in [0.717, 1.165) is 53.8 Å². The number of carbonyl (C=O) groups is 2. The van der Waals surface area contributed by atoms with Crippen molar-refractivity contribution in [3.8, 4) is 17.2 Å². The van der Waals surface area contributed by atoms with Crippen LogP contribution >= 0.6 is 0 Å². The van der Waals surface area contributed by atoms with Crippen LogP contribution in [0.4, 0.5) is 0 Å². The molecule has 1 saturated carbocycles. The molecule has 1 aliphatic carbocycles. The minimum Gasteiger partial charge on any atom is -0.493 e. The van der Waals surface area contributed by atoms with Gasteiger partial charge in [-0.05, 0) is 74.4 Å². The summed E-state index contributed by atoms with van der Waals surface area (Å²) in [5.41, 5.74) is 3.53. The van der Waals surface area contributed by atoms with E-state index in [1.165, 1.54) is 0 Å².